The van der Waals surface area contributed by atoms with E-state index in [0.717, 1.165) is 17.9 Å². The van der Waals surface area contributed by atoms with Gasteiger partial charge in [0.15, 0.2) is 0 Å². The van der Waals surface area contributed by atoms with Crippen LogP contribution in [0.2, 0.25) is 0 Å². The molecule has 0 spiro atoms. The van der Waals surface area contributed by atoms with Crippen LogP contribution in [-0.2, 0) is 6.42 Å². The van der Waals surface area contributed by atoms with Crippen molar-refractivity contribution >= 4 is 6.08 Å². The molecule has 1 nitrogen and oxygen atoms in total. The van der Waals surface area contributed by atoms with Gasteiger partial charge in [0.2, 0.25) is 0 Å². The third-order valence-corrected chi connectivity index (χ3v) is 1.59. The second kappa shape index (κ2) is 3.18. The van der Waals surface area contributed by atoms with Crippen molar-refractivity contribution in [2.24, 2.45) is 5.41 Å². The topological polar surface area (TPSA) is 13.1 Å². The Kier molecular flexibility index (Phi) is 2.41. The summed E-state index contributed by atoms with van der Waals surface area (Å²) in [6.07, 6.45) is 2.70. The van der Waals surface area contributed by atoms with E-state index in [1.165, 1.54) is 0 Å². The number of rotatable bonds is 2. The van der Waals surface area contributed by atoms with Gasteiger partial charge in [-0.2, -0.15) is 0 Å². The van der Waals surface area contributed by atoms with Crippen LogP contribution in [0.3, 0.4) is 0 Å². The second-order valence-electron chi connectivity index (χ2n) is 4.25. The Balaban J connectivity index is 2.70. The van der Waals surface area contributed by atoms with Crippen LogP contribution < -0.4 is 0 Å². The van der Waals surface area contributed by atoms with Crippen molar-refractivity contribution in [2.45, 2.75) is 27.2 Å². The molecule has 0 atom stereocenters. The molecular formula is C11H16O. The van der Waals surface area contributed by atoms with E-state index in [4.69, 9.17) is 4.42 Å². The maximum atomic E-state index is 5.49. The molecule has 0 aliphatic heterocycles. The van der Waals surface area contributed by atoms with E-state index in [1.54, 1.807) is 6.08 Å². The van der Waals surface area contributed by atoms with E-state index in [-0.39, 0.29) is 5.41 Å². The van der Waals surface area contributed by atoms with Gasteiger partial charge in [-0.15, -0.1) is 0 Å². The molecule has 1 aromatic heterocycles. The maximum Gasteiger partial charge on any atom is 0.126 e. The lowest BCUT2D eigenvalue weighted by molar-refractivity contribution is 0.361. The summed E-state index contributed by atoms with van der Waals surface area (Å²) < 4.78 is 5.49. The van der Waals surface area contributed by atoms with Gasteiger partial charge < -0.3 is 4.42 Å². The summed E-state index contributed by atoms with van der Waals surface area (Å²) in [6.45, 7) is 10.2. The molecule has 0 unspecified atom stereocenters. The van der Waals surface area contributed by atoms with Crippen molar-refractivity contribution in [1.82, 2.24) is 0 Å². The van der Waals surface area contributed by atoms with E-state index >= 15 is 0 Å². The van der Waals surface area contributed by atoms with Crippen LogP contribution >= 0.6 is 0 Å². The predicted molar refractivity (Wildman–Crippen MR) is 52.0 cm³/mol. The van der Waals surface area contributed by atoms with Gasteiger partial charge in [0, 0.05) is 6.42 Å². The van der Waals surface area contributed by atoms with Gasteiger partial charge in [-0.05, 0) is 23.6 Å². The number of furan rings is 1. The summed E-state index contributed by atoms with van der Waals surface area (Å²) in [5, 5.41) is 0. The van der Waals surface area contributed by atoms with Gasteiger partial charge in [-0.3, -0.25) is 0 Å². The van der Waals surface area contributed by atoms with Crippen molar-refractivity contribution in [2.75, 3.05) is 0 Å². The van der Waals surface area contributed by atoms with Gasteiger partial charge in [0.25, 0.3) is 0 Å². The van der Waals surface area contributed by atoms with E-state index in [2.05, 4.69) is 27.4 Å². The van der Waals surface area contributed by atoms with Crippen molar-refractivity contribution < 1.29 is 4.42 Å². The Morgan fingerprint density at radius 2 is 2.08 bits per heavy atom. The molecular weight excluding hydrogens is 148 g/mol. The lowest BCUT2D eigenvalue weighted by Crippen LogP contribution is -2.08. The minimum Gasteiger partial charge on any atom is -0.462 e. The van der Waals surface area contributed by atoms with Crippen molar-refractivity contribution in [3.63, 3.8) is 0 Å². The standard InChI is InChI=1S/C11H16O/c1-5-9-6-7-10(12-9)8-11(2,3)4/h5-7H,1,8H2,2-4H3. The van der Waals surface area contributed by atoms with Gasteiger partial charge in [-0.1, -0.05) is 27.4 Å². The molecule has 1 rings (SSSR count). The van der Waals surface area contributed by atoms with Crippen LogP contribution in [-0.4, -0.2) is 0 Å². The fourth-order valence-electron chi connectivity index (χ4n) is 1.12. The molecule has 0 fully saturated rings. The highest BCUT2D eigenvalue weighted by Gasteiger charge is 2.13. The zero-order valence-electron chi connectivity index (χ0n) is 8.05. The molecule has 0 aliphatic rings. The number of hydrogen-bond acceptors (Lipinski definition) is 1. The molecule has 0 aromatic carbocycles. The zero-order chi connectivity index (χ0) is 9.19. The molecule has 66 valence electrons. The Morgan fingerprint density at radius 3 is 2.50 bits per heavy atom. The summed E-state index contributed by atoms with van der Waals surface area (Å²) in [4.78, 5) is 0. The molecule has 0 bridgehead atoms. The number of hydrogen-bond donors (Lipinski definition) is 0. The van der Waals surface area contributed by atoms with E-state index in [1.807, 2.05) is 12.1 Å². The SMILES string of the molecule is C=Cc1ccc(CC(C)(C)C)o1. The average Bonchev–Trinajstić information content (AvgIpc) is 2.32. The Morgan fingerprint density at radius 1 is 1.42 bits per heavy atom. The first-order valence-corrected chi connectivity index (χ1v) is 4.22. The highest BCUT2D eigenvalue weighted by atomic mass is 16.3. The highest BCUT2D eigenvalue weighted by molar-refractivity contribution is 5.39. The molecule has 1 heterocycles. The molecule has 1 aromatic rings. The summed E-state index contributed by atoms with van der Waals surface area (Å²) in [6, 6.07) is 3.97. The smallest absolute Gasteiger partial charge is 0.126 e. The van der Waals surface area contributed by atoms with E-state index < -0.39 is 0 Å². The predicted octanol–water partition coefficient (Wildman–Crippen LogP) is 3.51. The van der Waals surface area contributed by atoms with Crippen LogP contribution in [0.15, 0.2) is 23.1 Å². The van der Waals surface area contributed by atoms with Gasteiger partial charge in [0.05, 0.1) is 0 Å². The highest BCUT2D eigenvalue weighted by Crippen LogP contribution is 2.22. The summed E-state index contributed by atoms with van der Waals surface area (Å²) in [7, 11) is 0. The first-order chi connectivity index (χ1) is 5.51. The van der Waals surface area contributed by atoms with Crippen molar-refractivity contribution in [1.29, 1.82) is 0 Å². The normalized spacial score (nSPS) is 11.6. The largest absolute Gasteiger partial charge is 0.462 e. The van der Waals surface area contributed by atoms with Crippen molar-refractivity contribution in [3.8, 4) is 0 Å². The molecule has 0 aliphatic carbocycles. The molecule has 12 heavy (non-hydrogen) atoms. The molecule has 0 amide bonds. The summed E-state index contributed by atoms with van der Waals surface area (Å²) in [5.41, 5.74) is 0.288. The van der Waals surface area contributed by atoms with Crippen LogP contribution in [0, 0.1) is 5.41 Å². The quantitative estimate of drug-likeness (QED) is 0.652. The molecule has 0 N–H and O–H groups in total. The third-order valence-electron chi connectivity index (χ3n) is 1.59. The van der Waals surface area contributed by atoms with E-state index in [0.29, 0.717) is 0 Å². The van der Waals surface area contributed by atoms with Crippen LogP contribution in [0.1, 0.15) is 32.3 Å². The first-order valence-electron chi connectivity index (χ1n) is 4.22. The minimum atomic E-state index is 0.288. The van der Waals surface area contributed by atoms with Crippen LogP contribution in [0.25, 0.3) is 6.08 Å². The average molecular weight is 164 g/mol. The Hall–Kier alpha value is -0.980. The maximum absolute atomic E-state index is 5.49. The zero-order valence-corrected chi connectivity index (χ0v) is 8.05. The second-order valence-corrected chi connectivity index (χ2v) is 4.25. The third kappa shape index (κ3) is 2.57. The molecule has 0 radical (unpaired) electrons. The molecule has 0 saturated carbocycles. The Bertz CT molecular complexity index is 263. The first kappa shape index (κ1) is 9.11. The van der Waals surface area contributed by atoms with Gasteiger partial charge in [-0.25, -0.2) is 0 Å². The summed E-state index contributed by atoms with van der Waals surface area (Å²) >= 11 is 0. The Labute approximate surface area is 74.1 Å². The van der Waals surface area contributed by atoms with Gasteiger partial charge >= 0.3 is 0 Å². The molecule has 1 heteroatoms. The fourth-order valence-corrected chi connectivity index (χ4v) is 1.12. The summed E-state index contributed by atoms with van der Waals surface area (Å²) in [5.74, 6) is 1.90. The van der Waals surface area contributed by atoms with Crippen molar-refractivity contribution in [3.05, 3.63) is 30.2 Å². The van der Waals surface area contributed by atoms with Crippen LogP contribution in [0.4, 0.5) is 0 Å². The minimum absolute atomic E-state index is 0.288. The van der Waals surface area contributed by atoms with Crippen LogP contribution in [0.5, 0.6) is 0 Å². The lowest BCUT2D eigenvalue weighted by Gasteiger charge is -2.15. The molecule has 0 saturated heterocycles. The van der Waals surface area contributed by atoms with E-state index in [9.17, 15) is 0 Å². The van der Waals surface area contributed by atoms with Gasteiger partial charge in [0.1, 0.15) is 11.5 Å². The fraction of sp³-hybridized carbons (Fsp3) is 0.455. The monoisotopic (exact) mass is 164 g/mol. The lowest BCUT2D eigenvalue weighted by atomic mass is 9.91.